The van der Waals surface area contributed by atoms with Crippen LogP contribution in [0.4, 0.5) is 10.1 Å². The molecule has 2 aromatic rings. The van der Waals surface area contributed by atoms with Crippen molar-refractivity contribution in [3.05, 3.63) is 63.7 Å². The summed E-state index contributed by atoms with van der Waals surface area (Å²) in [4.78, 5) is 3.04. The number of ether oxygens (including phenoxy) is 1. The van der Waals surface area contributed by atoms with Gasteiger partial charge in [-0.05, 0) is 37.3 Å². The average molecular weight is 502 g/mol. The van der Waals surface area contributed by atoms with Crippen molar-refractivity contribution in [3.8, 4) is 5.75 Å². The van der Waals surface area contributed by atoms with E-state index in [0.29, 0.717) is 18.1 Å². The monoisotopic (exact) mass is 501 g/mol. The Balaban J connectivity index is 1.74. The maximum Gasteiger partial charge on any atom is 0.244 e. The minimum Gasteiger partial charge on any atom is -0.493 e. The minimum atomic E-state index is -3.84. The Morgan fingerprint density at radius 1 is 1.31 bits per heavy atom. The number of nitrogens with one attached hydrogen (secondary N) is 1. The van der Waals surface area contributed by atoms with Crippen LogP contribution >= 0.6 is 23.2 Å². The number of hydrogen-bond acceptors (Lipinski definition) is 5. The molecule has 11 heteroatoms. The topological polar surface area (TPSA) is 83.2 Å². The van der Waals surface area contributed by atoms with Gasteiger partial charge in [-0.15, -0.1) is 0 Å². The van der Waals surface area contributed by atoms with Crippen LogP contribution in [0.3, 0.4) is 0 Å². The van der Waals surface area contributed by atoms with Crippen molar-refractivity contribution in [2.24, 2.45) is 5.41 Å². The van der Waals surface area contributed by atoms with Crippen LogP contribution in [0, 0.1) is 17.8 Å². The predicted octanol–water partition coefficient (Wildman–Crippen LogP) is 3.72. The predicted molar refractivity (Wildman–Crippen MR) is 120 cm³/mol. The van der Waals surface area contributed by atoms with Gasteiger partial charge in [-0.3, -0.25) is 0 Å². The molecule has 1 saturated heterocycles. The van der Waals surface area contributed by atoms with Crippen molar-refractivity contribution in [1.82, 2.24) is 9.62 Å². The minimum absolute atomic E-state index is 0.0353. The molecule has 2 N–H and O–H groups in total. The molecule has 0 amide bonds. The summed E-state index contributed by atoms with van der Waals surface area (Å²) in [5.41, 5.74) is -0.707. The Hall–Kier alpha value is -1.93. The van der Waals surface area contributed by atoms with Gasteiger partial charge in [0, 0.05) is 42.7 Å². The van der Waals surface area contributed by atoms with E-state index in [1.807, 2.05) is 0 Å². The van der Waals surface area contributed by atoms with E-state index < -0.39 is 27.4 Å². The quantitative estimate of drug-likeness (QED) is 0.511. The number of halogens is 3. The fraction of sp³-hybridized carbons (Fsp3) is 0.381. The first-order valence-electron chi connectivity index (χ1n) is 9.70. The average Bonchev–Trinajstić information content (AvgIpc) is 2.68. The van der Waals surface area contributed by atoms with Crippen LogP contribution in [0.25, 0.3) is 4.85 Å². The maximum atomic E-state index is 13.9. The summed E-state index contributed by atoms with van der Waals surface area (Å²) in [6.07, 6.45) is -0.573. The number of sulfonamides is 1. The van der Waals surface area contributed by atoms with Crippen LogP contribution in [0.5, 0.6) is 5.75 Å². The van der Waals surface area contributed by atoms with Gasteiger partial charge in [0.1, 0.15) is 16.5 Å². The molecule has 172 valence electrons. The standard InChI is InChI=1S/C21H22Cl2FN3O4S/c1-14(28)9-26-10-21(13-31-16-4-5-19(25-2)18(24)8-16)11-27(12-21)32(29,30)20-6-3-15(22)7-17(20)23/h3-8,14,26,28H,9-13H2,1H3/t14-/m0/s1. The van der Waals surface area contributed by atoms with Crippen molar-refractivity contribution in [3.63, 3.8) is 0 Å². The number of hydrogen-bond donors (Lipinski definition) is 2. The first-order chi connectivity index (χ1) is 15.1. The molecule has 32 heavy (non-hydrogen) atoms. The van der Waals surface area contributed by atoms with Crippen LogP contribution in [0.1, 0.15) is 6.92 Å². The molecule has 0 saturated carbocycles. The van der Waals surface area contributed by atoms with E-state index in [-0.39, 0.29) is 41.1 Å². The second kappa shape index (κ2) is 9.91. The zero-order valence-electron chi connectivity index (χ0n) is 17.2. The van der Waals surface area contributed by atoms with Gasteiger partial charge in [-0.25, -0.2) is 17.7 Å². The highest BCUT2D eigenvalue weighted by Gasteiger charge is 2.49. The lowest BCUT2D eigenvalue weighted by atomic mass is 9.82. The summed E-state index contributed by atoms with van der Waals surface area (Å²) < 4.78 is 47.0. The summed E-state index contributed by atoms with van der Waals surface area (Å²) in [6, 6.07) is 8.15. The number of rotatable bonds is 9. The summed E-state index contributed by atoms with van der Waals surface area (Å²) in [5, 5.41) is 13.0. The van der Waals surface area contributed by atoms with E-state index >= 15 is 0 Å². The Morgan fingerprint density at radius 3 is 2.62 bits per heavy atom. The highest BCUT2D eigenvalue weighted by atomic mass is 35.5. The van der Waals surface area contributed by atoms with Crippen molar-refractivity contribution in [2.45, 2.75) is 17.9 Å². The van der Waals surface area contributed by atoms with Crippen LogP contribution in [0.2, 0.25) is 10.0 Å². The Kier molecular flexibility index (Phi) is 7.65. The Labute approximate surface area is 196 Å². The third kappa shape index (κ3) is 5.52. The molecule has 1 aliphatic rings. The second-order valence-corrected chi connectivity index (χ2v) is 10.6. The van der Waals surface area contributed by atoms with Crippen LogP contribution in [-0.4, -0.2) is 56.7 Å². The van der Waals surface area contributed by atoms with Gasteiger partial charge < -0.3 is 15.2 Å². The summed E-state index contributed by atoms with van der Waals surface area (Å²) >= 11 is 12.0. The lowest BCUT2D eigenvalue weighted by Crippen LogP contribution is -2.64. The fourth-order valence-corrected chi connectivity index (χ4v) is 5.81. The zero-order valence-corrected chi connectivity index (χ0v) is 19.5. The largest absolute Gasteiger partial charge is 0.493 e. The smallest absolute Gasteiger partial charge is 0.244 e. The maximum absolute atomic E-state index is 13.9. The van der Waals surface area contributed by atoms with Crippen molar-refractivity contribution in [2.75, 3.05) is 32.8 Å². The van der Waals surface area contributed by atoms with E-state index in [9.17, 15) is 17.9 Å². The van der Waals surface area contributed by atoms with Gasteiger partial charge in [0.15, 0.2) is 0 Å². The summed E-state index contributed by atoms with van der Waals surface area (Å²) in [6.45, 7) is 9.65. The normalized spacial score (nSPS) is 16.8. The molecule has 0 aliphatic carbocycles. The third-order valence-corrected chi connectivity index (χ3v) is 7.57. The van der Waals surface area contributed by atoms with E-state index in [2.05, 4.69) is 10.2 Å². The van der Waals surface area contributed by atoms with Crippen LogP contribution in [0.15, 0.2) is 41.3 Å². The van der Waals surface area contributed by atoms with Crippen molar-refractivity contribution < 1.29 is 22.7 Å². The Bertz CT molecular complexity index is 1130. The molecule has 3 rings (SSSR count). The SMILES string of the molecule is [C-]#[N+]c1ccc(OCC2(CNC[C@H](C)O)CN(S(=O)(=O)c3ccc(Cl)cc3Cl)C2)cc1F. The molecule has 1 atom stereocenters. The van der Waals surface area contributed by atoms with Gasteiger partial charge in [0.2, 0.25) is 15.7 Å². The number of benzene rings is 2. The van der Waals surface area contributed by atoms with E-state index in [1.165, 1.54) is 34.6 Å². The molecular formula is C21H22Cl2FN3O4S. The van der Waals surface area contributed by atoms with Gasteiger partial charge in [0.25, 0.3) is 0 Å². The zero-order chi connectivity index (χ0) is 23.5. The van der Waals surface area contributed by atoms with Gasteiger partial charge >= 0.3 is 0 Å². The van der Waals surface area contributed by atoms with Crippen LogP contribution in [-0.2, 0) is 10.0 Å². The molecular weight excluding hydrogens is 480 g/mol. The molecule has 0 aromatic heterocycles. The van der Waals surface area contributed by atoms with Gasteiger partial charge in [0.05, 0.1) is 24.3 Å². The molecule has 1 aliphatic heterocycles. The third-order valence-electron chi connectivity index (χ3n) is 5.06. The summed E-state index contributed by atoms with van der Waals surface area (Å²) in [7, 11) is -3.84. The lowest BCUT2D eigenvalue weighted by Gasteiger charge is -2.49. The van der Waals surface area contributed by atoms with Crippen LogP contribution < -0.4 is 10.1 Å². The van der Waals surface area contributed by atoms with Gasteiger partial charge in [-0.2, -0.15) is 4.31 Å². The first-order valence-corrected chi connectivity index (χ1v) is 11.9. The molecule has 2 aromatic carbocycles. The van der Waals surface area contributed by atoms with E-state index in [4.69, 9.17) is 34.5 Å². The van der Waals surface area contributed by atoms with E-state index in [0.717, 1.165) is 6.07 Å². The molecule has 0 radical (unpaired) electrons. The van der Waals surface area contributed by atoms with Crippen molar-refractivity contribution >= 4 is 38.9 Å². The summed E-state index contributed by atoms with van der Waals surface area (Å²) in [5.74, 6) is -0.444. The molecule has 1 heterocycles. The highest BCUT2D eigenvalue weighted by molar-refractivity contribution is 7.89. The lowest BCUT2D eigenvalue weighted by molar-refractivity contribution is 0.0172. The van der Waals surface area contributed by atoms with Gasteiger partial charge in [-0.1, -0.05) is 23.2 Å². The molecule has 7 nitrogen and oxygen atoms in total. The number of aliphatic hydroxyl groups is 1. The Morgan fingerprint density at radius 2 is 2.03 bits per heavy atom. The van der Waals surface area contributed by atoms with E-state index in [1.54, 1.807) is 6.92 Å². The second-order valence-electron chi connectivity index (χ2n) is 7.84. The first kappa shape index (κ1) is 24.7. The number of aliphatic hydroxyl groups excluding tert-OH is 1. The molecule has 0 unspecified atom stereocenters. The fourth-order valence-electron chi connectivity index (χ4n) is 3.40. The molecule has 0 bridgehead atoms. The molecule has 0 spiro atoms. The highest BCUT2D eigenvalue weighted by Crippen LogP contribution is 2.38. The molecule has 1 fully saturated rings. The van der Waals surface area contributed by atoms with Crippen molar-refractivity contribution in [1.29, 1.82) is 0 Å². The number of nitrogens with zero attached hydrogens (tertiary/aromatic N) is 2.